The van der Waals surface area contributed by atoms with E-state index in [1.54, 1.807) is 17.2 Å². The number of nitrogens with zero attached hydrogens (tertiary/aromatic N) is 1. The highest BCUT2D eigenvalue weighted by molar-refractivity contribution is 6.06. The van der Waals surface area contributed by atoms with Crippen molar-refractivity contribution in [1.82, 2.24) is 10.2 Å². The number of carbonyl (C=O) groups excluding carboxylic acids is 3. The minimum Gasteiger partial charge on any atom is -0.472 e. The zero-order valence-electron chi connectivity index (χ0n) is 22.6. The Hall–Kier alpha value is -3.95. The van der Waals surface area contributed by atoms with E-state index in [1.807, 2.05) is 44.2 Å². The van der Waals surface area contributed by atoms with Crippen molar-refractivity contribution in [2.75, 3.05) is 19.6 Å². The topological polar surface area (TPSA) is 152 Å². The van der Waals surface area contributed by atoms with Gasteiger partial charge in [0, 0.05) is 48.8 Å². The standard InChI is InChI=1S/C30H38N4O5/c1-3-11-34(12-4-2)30(38)25-16-22(28(31)36)15-24(29(32)37)27(25)23(14-21-10-13-39-19-21)26(35)18-33-17-20-8-6-5-7-9-20/h5-10,13,15-16,19,23,26,33,35H,3-4,11-12,14,17-18H2,1-2H3,(H2,31,36)(H2,32,37)/t23-,26+/m1/s1. The van der Waals surface area contributed by atoms with Crippen LogP contribution in [0.1, 0.15) is 80.4 Å². The van der Waals surface area contributed by atoms with E-state index in [4.69, 9.17) is 15.9 Å². The summed E-state index contributed by atoms with van der Waals surface area (Å²) in [7, 11) is 0. The van der Waals surface area contributed by atoms with Gasteiger partial charge in [-0.05, 0) is 54.2 Å². The summed E-state index contributed by atoms with van der Waals surface area (Å²) < 4.78 is 5.25. The number of carbonyl (C=O) groups is 3. The Kier molecular flexibility index (Phi) is 10.8. The molecule has 2 aromatic carbocycles. The van der Waals surface area contributed by atoms with Crippen LogP contribution in [-0.4, -0.2) is 53.5 Å². The van der Waals surface area contributed by atoms with E-state index < -0.39 is 23.8 Å². The molecule has 0 unspecified atom stereocenters. The molecule has 0 aliphatic carbocycles. The smallest absolute Gasteiger partial charge is 0.254 e. The second kappa shape index (κ2) is 14.3. The second-order valence-electron chi connectivity index (χ2n) is 9.63. The Morgan fingerprint density at radius 1 is 0.949 bits per heavy atom. The van der Waals surface area contributed by atoms with E-state index in [-0.39, 0.29) is 35.6 Å². The Morgan fingerprint density at radius 3 is 2.18 bits per heavy atom. The molecule has 9 nitrogen and oxygen atoms in total. The van der Waals surface area contributed by atoms with Gasteiger partial charge in [0.05, 0.1) is 18.6 Å². The van der Waals surface area contributed by atoms with Crippen molar-refractivity contribution >= 4 is 17.7 Å². The molecular formula is C30H38N4O5. The predicted octanol–water partition coefficient (Wildman–Crippen LogP) is 3.22. The van der Waals surface area contributed by atoms with Crippen molar-refractivity contribution in [3.05, 3.63) is 94.4 Å². The SMILES string of the molecule is CCCN(CCC)C(=O)c1cc(C(N)=O)cc(C(N)=O)c1[C@H](Cc1ccoc1)[C@@H](O)CNCc1ccccc1. The van der Waals surface area contributed by atoms with E-state index >= 15 is 0 Å². The lowest BCUT2D eigenvalue weighted by atomic mass is 9.80. The number of aliphatic hydroxyl groups is 1. The molecular weight excluding hydrogens is 496 g/mol. The maximum atomic E-state index is 13.9. The molecule has 6 N–H and O–H groups in total. The van der Waals surface area contributed by atoms with Gasteiger partial charge >= 0.3 is 0 Å². The Balaban J connectivity index is 2.12. The molecule has 0 fully saturated rings. The Morgan fingerprint density at radius 2 is 1.62 bits per heavy atom. The van der Waals surface area contributed by atoms with Crippen molar-refractivity contribution in [2.24, 2.45) is 11.5 Å². The number of primary amides is 2. The summed E-state index contributed by atoms with van der Waals surface area (Å²) >= 11 is 0. The third-order valence-corrected chi connectivity index (χ3v) is 6.63. The van der Waals surface area contributed by atoms with Crippen LogP contribution in [0.2, 0.25) is 0 Å². The highest BCUT2D eigenvalue weighted by atomic mass is 16.3. The fourth-order valence-electron chi connectivity index (χ4n) is 4.80. The largest absolute Gasteiger partial charge is 0.472 e. The number of benzene rings is 2. The van der Waals surface area contributed by atoms with Gasteiger partial charge in [0.1, 0.15) is 0 Å². The van der Waals surface area contributed by atoms with Crippen molar-refractivity contribution in [3.8, 4) is 0 Å². The van der Waals surface area contributed by atoms with Crippen LogP contribution in [0.15, 0.2) is 65.5 Å². The van der Waals surface area contributed by atoms with Gasteiger partial charge < -0.3 is 31.2 Å². The number of hydrogen-bond acceptors (Lipinski definition) is 6. The molecule has 0 saturated heterocycles. The number of hydrogen-bond donors (Lipinski definition) is 4. The van der Waals surface area contributed by atoms with Gasteiger partial charge in [-0.15, -0.1) is 0 Å². The van der Waals surface area contributed by atoms with Crippen LogP contribution in [-0.2, 0) is 13.0 Å². The van der Waals surface area contributed by atoms with E-state index in [0.29, 0.717) is 25.2 Å². The van der Waals surface area contributed by atoms with Gasteiger partial charge in [0.15, 0.2) is 0 Å². The van der Waals surface area contributed by atoms with E-state index in [2.05, 4.69) is 5.32 Å². The highest BCUT2D eigenvalue weighted by Crippen LogP contribution is 2.33. The molecule has 0 saturated carbocycles. The molecule has 0 aliphatic heterocycles. The van der Waals surface area contributed by atoms with Crippen LogP contribution in [0.5, 0.6) is 0 Å². The number of amides is 3. The first-order valence-corrected chi connectivity index (χ1v) is 13.3. The summed E-state index contributed by atoms with van der Waals surface area (Å²) in [6, 6.07) is 14.2. The molecule has 0 spiro atoms. The summed E-state index contributed by atoms with van der Waals surface area (Å²) in [6.07, 6.45) is 3.78. The summed E-state index contributed by atoms with van der Waals surface area (Å²) in [4.78, 5) is 40.6. The Labute approximate surface area is 229 Å². The third kappa shape index (κ3) is 7.78. The van der Waals surface area contributed by atoms with Crippen molar-refractivity contribution in [3.63, 3.8) is 0 Å². The first-order chi connectivity index (χ1) is 18.8. The highest BCUT2D eigenvalue weighted by Gasteiger charge is 2.33. The molecule has 39 heavy (non-hydrogen) atoms. The average molecular weight is 535 g/mol. The van der Waals surface area contributed by atoms with Crippen LogP contribution in [0.3, 0.4) is 0 Å². The summed E-state index contributed by atoms with van der Waals surface area (Å²) in [5.41, 5.74) is 13.6. The maximum absolute atomic E-state index is 13.9. The van der Waals surface area contributed by atoms with Gasteiger partial charge in [-0.1, -0.05) is 44.2 Å². The van der Waals surface area contributed by atoms with Crippen LogP contribution >= 0.6 is 0 Å². The molecule has 0 aliphatic rings. The fourth-order valence-corrected chi connectivity index (χ4v) is 4.80. The van der Waals surface area contributed by atoms with E-state index in [1.165, 1.54) is 18.4 Å². The van der Waals surface area contributed by atoms with E-state index in [9.17, 15) is 19.5 Å². The molecule has 1 heterocycles. The van der Waals surface area contributed by atoms with Gasteiger partial charge in [0.2, 0.25) is 11.8 Å². The average Bonchev–Trinajstić information content (AvgIpc) is 3.44. The van der Waals surface area contributed by atoms with Crippen LogP contribution in [0, 0.1) is 0 Å². The van der Waals surface area contributed by atoms with Crippen LogP contribution in [0.4, 0.5) is 0 Å². The van der Waals surface area contributed by atoms with Crippen LogP contribution in [0.25, 0.3) is 0 Å². The fraction of sp³-hybridized carbons (Fsp3) is 0.367. The molecule has 2 atom stereocenters. The van der Waals surface area contributed by atoms with Gasteiger partial charge in [-0.25, -0.2) is 0 Å². The summed E-state index contributed by atoms with van der Waals surface area (Å²) in [5.74, 6) is -2.67. The number of nitrogens with two attached hydrogens (primary N) is 2. The van der Waals surface area contributed by atoms with Crippen LogP contribution < -0.4 is 16.8 Å². The van der Waals surface area contributed by atoms with Crippen molar-refractivity contribution in [1.29, 1.82) is 0 Å². The number of nitrogens with one attached hydrogen (secondary N) is 1. The third-order valence-electron chi connectivity index (χ3n) is 6.63. The lowest BCUT2D eigenvalue weighted by molar-refractivity contribution is 0.0751. The predicted molar refractivity (Wildman–Crippen MR) is 149 cm³/mol. The quantitative estimate of drug-likeness (QED) is 0.235. The normalized spacial score (nSPS) is 12.6. The molecule has 3 amide bonds. The molecule has 208 valence electrons. The molecule has 3 rings (SSSR count). The maximum Gasteiger partial charge on any atom is 0.254 e. The summed E-state index contributed by atoms with van der Waals surface area (Å²) in [6.45, 7) is 5.62. The number of rotatable bonds is 15. The van der Waals surface area contributed by atoms with Gasteiger partial charge in [0.25, 0.3) is 5.91 Å². The molecule has 3 aromatic rings. The molecule has 0 bridgehead atoms. The molecule has 1 aromatic heterocycles. The van der Waals surface area contributed by atoms with E-state index in [0.717, 1.165) is 24.0 Å². The van der Waals surface area contributed by atoms with Gasteiger partial charge in [-0.3, -0.25) is 14.4 Å². The molecule has 9 heteroatoms. The first kappa shape index (κ1) is 29.6. The minimum atomic E-state index is -1.02. The Bertz CT molecular complexity index is 1240. The zero-order chi connectivity index (χ0) is 28.4. The first-order valence-electron chi connectivity index (χ1n) is 13.3. The molecule has 0 radical (unpaired) electrons. The number of furan rings is 1. The second-order valence-corrected chi connectivity index (χ2v) is 9.63. The van der Waals surface area contributed by atoms with Gasteiger partial charge in [-0.2, -0.15) is 0 Å². The zero-order valence-corrected chi connectivity index (χ0v) is 22.6. The number of aliphatic hydroxyl groups excluding tert-OH is 1. The minimum absolute atomic E-state index is 0.00241. The monoisotopic (exact) mass is 534 g/mol. The van der Waals surface area contributed by atoms with Crippen molar-refractivity contribution in [2.45, 2.75) is 51.7 Å². The lowest BCUT2D eigenvalue weighted by Crippen LogP contribution is -2.38. The lowest BCUT2D eigenvalue weighted by Gasteiger charge is -2.30. The summed E-state index contributed by atoms with van der Waals surface area (Å²) in [5, 5.41) is 14.8. The van der Waals surface area contributed by atoms with Crippen molar-refractivity contribution < 1.29 is 23.9 Å².